The van der Waals surface area contributed by atoms with Gasteiger partial charge in [-0.1, -0.05) is 161 Å². The zero-order chi connectivity index (χ0) is 42.0. The van der Waals surface area contributed by atoms with Gasteiger partial charge in [-0.3, -0.25) is 14.1 Å². The van der Waals surface area contributed by atoms with E-state index in [1.165, 1.54) is 122 Å². The van der Waals surface area contributed by atoms with Crippen LogP contribution in [0.1, 0.15) is 200 Å². The molecule has 1 aliphatic rings. The monoisotopic (exact) mass is 835 g/mol. The number of ether oxygens (including phenoxy) is 4. The molecule has 0 aromatic rings. The minimum atomic E-state index is -4.60. The van der Waals surface area contributed by atoms with Gasteiger partial charge in [0.15, 0.2) is 12.4 Å². The smallest absolute Gasteiger partial charge is 0.306 e. The lowest BCUT2D eigenvalue weighted by Gasteiger charge is -2.40. The number of unbranched alkanes of at least 4 members (excludes halogenated alkanes) is 24. The van der Waals surface area contributed by atoms with Crippen LogP contribution in [-0.4, -0.2) is 96.0 Å². The van der Waals surface area contributed by atoms with Gasteiger partial charge in [-0.25, -0.2) is 0 Å². The number of aliphatic hydroxyl groups is 3. The molecule has 1 heterocycles. The molecule has 1 fully saturated rings. The van der Waals surface area contributed by atoms with E-state index >= 15 is 0 Å². The maximum absolute atomic E-state index is 12.8. The van der Waals surface area contributed by atoms with Crippen LogP contribution in [0.15, 0.2) is 12.2 Å². The largest absolute Gasteiger partial charge is 0.462 e. The molecular formula is C44H82O12S. The average molecular weight is 835 g/mol. The van der Waals surface area contributed by atoms with Crippen LogP contribution < -0.4 is 0 Å². The number of aliphatic hydroxyl groups excluding tert-OH is 3. The molecule has 0 aromatic heterocycles. The highest BCUT2D eigenvalue weighted by Crippen LogP contribution is 2.24. The Morgan fingerprint density at radius 3 is 1.47 bits per heavy atom. The van der Waals surface area contributed by atoms with Crippen molar-refractivity contribution in [2.45, 2.75) is 237 Å². The quantitative estimate of drug-likeness (QED) is 0.0200. The van der Waals surface area contributed by atoms with Crippen LogP contribution >= 0.6 is 0 Å². The second-order valence-corrected chi connectivity index (χ2v) is 17.6. The number of esters is 2. The number of allylic oxidation sites excluding steroid dienone is 2. The van der Waals surface area contributed by atoms with Crippen molar-refractivity contribution in [1.29, 1.82) is 0 Å². The summed E-state index contributed by atoms with van der Waals surface area (Å²) in [5, 5.41) is 30.8. The van der Waals surface area contributed by atoms with Gasteiger partial charge < -0.3 is 34.3 Å². The Morgan fingerprint density at radius 1 is 0.579 bits per heavy atom. The van der Waals surface area contributed by atoms with E-state index in [0.29, 0.717) is 12.8 Å². The van der Waals surface area contributed by atoms with Crippen LogP contribution in [0.2, 0.25) is 0 Å². The second-order valence-electron chi connectivity index (χ2n) is 16.1. The van der Waals surface area contributed by atoms with Gasteiger partial charge in [0.2, 0.25) is 0 Å². The normalized spacial score (nSPS) is 20.6. The number of carbonyl (C=O) groups excluding carboxylic acids is 2. The summed E-state index contributed by atoms with van der Waals surface area (Å²) in [7, 11) is -4.60. The van der Waals surface area contributed by atoms with Gasteiger partial charge in [-0.2, -0.15) is 8.42 Å². The molecule has 4 N–H and O–H groups in total. The summed E-state index contributed by atoms with van der Waals surface area (Å²) < 4.78 is 54.0. The molecule has 1 saturated heterocycles. The van der Waals surface area contributed by atoms with Gasteiger partial charge in [0, 0.05) is 12.8 Å². The molecule has 6 atom stereocenters. The standard InChI is InChI=1S/C44H82O12S/c1-3-5-7-9-11-13-15-17-18-19-20-21-23-24-26-28-30-32-39(45)53-34-37(35-54-44-43(49)42(48)41(47)38(56-44)36-57(50,51)52)55-40(46)33-31-29-27-25-22-16-14-12-10-8-6-4-2/h13,15,37-38,41-44,47-49H,3-12,14,16-36H2,1-2H3,(H,50,51,52)/b15-13+/t37-,38-,41-,42?,43?,44+/m1/s1. The highest BCUT2D eigenvalue weighted by molar-refractivity contribution is 7.85. The molecule has 0 aromatic carbocycles. The Labute approximate surface area is 346 Å². The molecule has 12 nitrogen and oxygen atoms in total. The Morgan fingerprint density at radius 2 is 1.00 bits per heavy atom. The van der Waals surface area contributed by atoms with E-state index in [9.17, 15) is 37.9 Å². The average Bonchev–Trinajstić information content (AvgIpc) is 3.17. The molecule has 336 valence electrons. The van der Waals surface area contributed by atoms with Gasteiger partial charge in [-0.05, 0) is 38.5 Å². The van der Waals surface area contributed by atoms with E-state index in [4.69, 9.17) is 18.9 Å². The van der Waals surface area contributed by atoms with Crippen LogP contribution in [0.3, 0.4) is 0 Å². The van der Waals surface area contributed by atoms with Crippen molar-refractivity contribution in [2.75, 3.05) is 19.0 Å². The van der Waals surface area contributed by atoms with Crippen LogP contribution in [0.25, 0.3) is 0 Å². The summed E-state index contributed by atoms with van der Waals surface area (Å²) in [5.41, 5.74) is 0. The Bertz CT molecular complexity index is 1120. The van der Waals surface area contributed by atoms with Gasteiger partial charge >= 0.3 is 11.9 Å². The molecule has 0 aliphatic carbocycles. The minimum absolute atomic E-state index is 0.169. The molecule has 57 heavy (non-hydrogen) atoms. The third-order valence-electron chi connectivity index (χ3n) is 10.6. The molecule has 0 spiro atoms. The second kappa shape index (κ2) is 35.2. The summed E-state index contributed by atoms with van der Waals surface area (Å²) in [6.45, 7) is 3.75. The maximum Gasteiger partial charge on any atom is 0.306 e. The molecular weight excluding hydrogens is 753 g/mol. The van der Waals surface area contributed by atoms with Crippen LogP contribution in [0.4, 0.5) is 0 Å². The van der Waals surface area contributed by atoms with E-state index in [2.05, 4.69) is 26.0 Å². The van der Waals surface area contributed by atoms with Gasteiger partial charge in [-0.15, -0.1) is 0 Å². The fraction of sp³-hybridized carbons (Fsp3) is 0.909. The molecule has 1 rings (SSSR count). The zero-order valence-electron chi connectivity index (χ0n) is 35.7. The van der Waals surface area contributed by atoms with Gasteiger partial charge in [0.1, 0.15) is 36.8 Å². The minimum Gasteiger partial charge on any atom is -0.462 e. The van der Waals surface area contributed by atoms with Crippen molar-refractivity contribution in [1.82, 2.24) is 0 Å². The topological polar surface area (TPSA) is 186 Å². The predicted molar refractivity (Wildman–Crippen MR) is 224 cm³/mol. The van der Waals surface area contributed by atoms with Crippen LogP contribution in [-0.2, 0) is 38.7 Å². The van der Waals surface area contributed by atoms with Gasteiger partial charge in [0.25, 0.3) is 10.1 Å². The molecule has 0 bridgehead atoms. The molecule has 0 radical (unpaired) electrons. The zero-order valence-corrected chi connectivity index (χ0v) is 36.5. The van der Waals surface area contributed by atoms with Crippen molar-refractivity contribution in [3.05, 3.63) is 12.2 Å². The Balaban J connectivity index is 2.42. The highest BCUT2D eigenvalue weighted by atomic mass is 32.2. The third kappa shape index (κ3) is 30.1. The van der Waals surface area contributed by atoms with E-state index in [-0.39, 0.29) is 19.4 Å². The van der Waals surface area contributed by atoms with Crippen LogP contribution in [0.5, 0.6) is 0 Å². The lowest BCUT2D eigenvalue weighted by molar-refractivity contribution is -0.297. The van der Waals surface area contributed by atoms with Crippen molar-refractivity contribution >= 4 is 22.1 Å². The molecule has 13 heteroatoms. The van der Waals surface area contributed by atoms with E-state index in [1.54, 1.807) is 0 Å². The molecule has 1 aliphatic heterocycles. The van der Waals surface area contributed by atoms with E-state index in [0.717, 1.165) is 38.5 Å². The Hall–Kier alpha value is -1.61. The Kier molecular flexibility index (Phi) is 33.0. The third-order valence-corrected chi connectivity index (χ3v) is 11.3. The van der Waals surface area contributed by atoms with Crippen LogP contribution in [0, 0.1) is 0 Å². The first kappa shape index (κ1) is 53.4. The fourth-order valence-corrected chi connectivity index (χ4v) is 7.72. The number of hydrogen-bond donors (Lipinski definition) is 4. The van der Waals surface area contributed by atoms with Crippen molar-refractivity contribution in [2.24, 2.45) is 0 Å². The first-order valence-corrected chi connectivity index (χ1v) is 24.4. The summed E-state index contributed by atoms with van der Waals surface area (Å²) in [5.74, 6) is -1.97. The predicted octanol–water partition coefficient (Wildman–Crippen LogP) is 9.06. The number of carbonyl (C=O) groups is 2. The van der Waals surface area contributed by atoms with E-state index in [1.807, 2.05) is 0 Å². The van der Waals surface area contributed by atoms with Crippen molar-refractivity contribution < 1.29 is 56.8 Å². The SMILES string of the molecule is CCCCCC/C=C/CCCCCCCCCCCC(=O)OC[C@H](CO[C@H]1O[C@H](CS(=O)(=O)O)[C@@H](O)C(O)C1O)OC(=O)CCCCCCCCCCCCCC. The molecule has 2 unspecified atom stereocenters. The number of rotatable bonds is 38. The fourth-order valence-electron chi connectivity index (χ4n) is 7.02. The first-order valence-electron chi connectivity index (χ1n) is 22.7. The summed E-state index contributed by atoms with van der Waals surface area (Å²) >= 11 is 0. The molecule has 0 saturated carbocycles. The van der Waals surface area contributed by atoms with Crippen molar-refractivity contribution in [3.8, 4) is 0 Å². The summed E-state index contributed by atoms with van der Waals surface area (Å²) in [6.07, 6.45) is 26.8. The van der Waals surface area contributed by atoms with E-state index < -0.39 is 71.2 Å². The lowest BCUT2D eigenvalue weighted by Crippen LogP contribution is -2.60. The van der Waals surface area contributed by atoms with Gasteiger partial charge in [0.05, 0.1) is 6.61 Å². The lowest BCUT2D eigenvalue weighted by atomic mass is 10.00. The summed E-state index contributed by atoms with van der Waals surface area (Å²) in [4.78, 5) is 25.4. The number of hydrogen-bond acceptors (Lipinski definition) is 11. The first-order chi connectivity index (χ1) is 27.5. The van der Waals surface area contributed by atoms with Crippen molar-refractivity contribution in [3.63, 3.8) is 0 Å². The maximum atomic E-state index is 12.8. The molecule has 0 amide bonds. The highest BCUT2D eigenvalue weighted by Gasteiger charge is 2.46. The summed E-state index contributed by atoms with van der Waals surface area (Å²) in [6, 6.07) is 0.